The van der Waals surface area contributed by atoms with Gasteiger partial charge < -0.3 is 5.73 Å². The number of aryl methyl sites for hydroxylation is 2. The maximum Gasteiger partial charge on any atom is 0.263 e. The van der Waals surface area contributed by atoms with Crippen molar-refractivity contribution in [3.63, 3.8) is 0 Å². The normalized spacial score (nSPS) is 11.6. The number of sulfonamides is 1. The molecule has 0 saturated carbocycles. The van der Waals surface area contributed by atoms with Crippen molar-refractivity contribution in [3.8, 4) is 0 Å². The highest BCUT2D eigenvalue weighted by atomic mass is 32.2. The van der Waals surface area contributed by atoms with Crippen LogP contribution >= 0.6 is 0 Å². The topological polar surface area (TPSA) is 101 Å². The zero-order valence-electron chi connectivity index (χ0n) is 12.6. The lowest BCUT2D eigenvalue weighted by Gasteiger charge is -2.15. The third-order valence-electron chi connectivity index (χ3n) is 3.60. The van der Waals surface area contributed by atoms with Crippen molar-refractivity contribution in [1.29, 1.82) is 0 Å². The fourth-order valence-electron chi connectivity index (χ4n) is 2.23. The van der Waals surface area contributed by atoms with E-state index in [0.717, 1.165) is 17.7 Å². The van der Waals surface area contributed by atoms with E-state index in [1.54, 1.807) is 26.0 Å². The minimum Gasteiger partial charge on any atom is -0.398 e. The van der Waals surface area contributed by atoms with Gasteiger partial charge in [-0.15, -0.1) is 0 Å². The monoisotopic (exact) mass is 308 g/mol. The van der Waals surface area contributed by atoms with E-state index >= 15 is 0 Å². The Hall–Kier alpha value is -2.02. The van der Waals surface area contributed by atoms with E-state index in [9.17, 15) is 8.42 Å². The quantitative estimate of drug-likeness (QED) is 0.754. The fourth-order valence-corrected chi connectivity index (χ4v) is 3.79. The second-order valence-electron chi connectivity index (χ2n) is 5.10. The molecule has 0 unspecified atom stereocenters. The Labute approximate surface area is 124 Å². The van der Waals surface area contributed by atoms with E-state index in [2.05, 4.69) is 14.9 Å². The first-order chi connectivity index (χ1) is 9.76. The van der Waals surface area contributed by atoms with Crippen LogP contribution in [0.4, 0.5) is 11.5 Å². The molecule has 0 aliphatic heterocycles. The molecule has 1 aromatic carbocycles. The molecule has 0 saturated heterocycles. The Morgan fingerprint density at radius 1 is 1.24 bits per heavy atom. The van der Waals surface area contributed by atoms with Crippen molar-refractivity contribution >= 4 is 21.5 Å². The van der Waals surface area contributed by atoms with Crippen molar-refractivity contribution in [2.75, 3.05) is 10.5 Å². The van der Waals surface area contributed by atoms with Gasteiger partial charge in [0.25, 0.3) is 10.0 Å². The highest BCUT2D eigenvalue weighted by molar-refractivity contribution is 7.92. The summed E-state index contributed by atoms with van der Waals surface area (Å²) in [4.78, 5) is 0.223. The molecule has 4 N–H and O–H groups in total. The molecule has 0 fully saturated rings. The van der Waals surface area contributed by atoms with Crippen LogP contribution in [-0.4, -0.2) is 18.6 Å². The smallest absolute Gasteiger partial charge is 0.263 e. The van der Waals surface area contributed by atoms with Crippen LogP contribution in [-0.2, 0) is 16.4 Å². The largest absolute Gasteiger partial charge is 0.398 e. The number of nitrogen functional groups attached to an aromatic ring is 1. The summed E-state index contributed by atoms with van der Waals surface area (Å²) in [7, 11) is -3.73. The fraction of sp³-hybridized carbons (Fsp3) is 0.357. The number of nitrogens with zero attached hydrogens (tertiary/aromatic N) is 1. The first kappa shape index (κ1) is 15.4. The first-order valence-electron chi connectivity index (χ1n) is 6.69. The molecule has 0 atom stereocenters. The zero-order valence-corrected chi connectivity index (χ0v) is 13.4. The maximum absolute atomic E-state index is 12.6. The molecule has 114 valence electrons. The third kappa shape index (κ3) is 2.87. The maximum atomic E-state index is 12.6. The van der Waals surface area contributed by atoms with Gasteiger partial charge >= 0.3 is 0 Å². The summed E-state index contributed by atoms with van der Waals surface area (Å²) in [6, 6.07) is 3.47. The number of aromatic amines is 1. The van der Waals surface area contributed by atoms with Gasteiger partial charge in [0, 0.05) is 17.4 Å². The van der Waals surface area contributed by atoms with Gasteiger partial charge in [0.15, 0.2) is 5.82 Å². The van der Waals surface area contributed by atoms with Crippen LogP contribution in [0.5, 0.6) is 0 Å². The summed E-state index contributed by atoms with van der Waals surface area (Å²) in [5.41, 5.74) is 9.31. The van der Waals surface area contributed by atoms with Crippen LogP contribution < -0.4 is 10.5 Å². The lowest BCUT2D eigenvalue weighted by atomic mass is 10.1. The minimum absolute atomic E-state index is 0.223. The molecule has 6 nitrogen and oxygen atoms in total. The van der Waals surface area contributed by atoms with Crippen molar-refractivity contribution in [3.05, 3.63) is 34.5 Å². The number of nitrogens with two attached hydrogens (primary N) is 1. The van der Waals surface area contributed by atoms with Crippen LogP contribution in [0.25, 0.3) is 0 Å². The van der Waals surface area contributed by atoms with Gasteiger partial charge in [-0.25, -0.2) is 8.42 Å². The Kier molecular flexibility index (Phi) is 3.95. The lowest BCUT2D eigenvalue weighted by Crippen LogP contribution is -2.17. The summed E-state index contributed by atoms with van der Waals surface area (Å²) in [5.74, 6) is 0.283. The Bertz CT molecular complexity index is 752. The first-order valence-corrected chi connectivity index (χ1v) is 8.18. The summed E-state index contributed by atoms with van der Waals surface area (Å²) < 4.78 is 27.7. The highest BCUT2D eigenvalue weighted by Gasteiger charge is 2.23. The predicted molar refractivity (Wildman–Crippen MR) is 83.8 cm³/mol. The van der Waals surface area contributed by atoms with Gasteiger partial charge in [-0.3, -0.25) is 9.82 Å². The van der Waals surface area contributed by atoms with Crippen LogP contribution in [0.2, 0.25) is 0 Å². The molecule has 2 rings (SSSR count). The van der Waals surface area contributed by atoms with Crippen molar-refractivity contribution in [1.82, 2.24) is 10.2 Å². The van der Waals surface area contributed by atoms with Gasteiger partial charge in [0.2, 0.25) is 0 Å². The van der Waals surface area contributed by atoms with Gasteiger partial charge in [-0.2, -0.15) is 5.10 Å². The molecule has 2 aromatic rings. The van der Waals surface area contributed by atoms with Crippen LogP contribution in [0.3, 0.4) is 0 Å². The average Bonchev–Trinajstić information content (AvgIpc) is 2.83. The van der Waals surface area contributed by atoms with Crippen LogP contribution in [0.1, 0.15) is 29.3 Å². The molecule has 1 heterocycles. The van der Waals surface area contributed by atoms with E-state index in [-0.39, 0.29) is 10.7 Å². The zero-order chi connectivity index (χ0) is 15.8. The van der Waals surface area contributed by atoms with Crippen molar-refractivity contribution in [2.45, 2.75) is 39.0 Å². The second-order valence-corrected chi connectivity index (χ2v) is 6.72. The molecule has 0 aliphatic carbocycles. The highest BCUT2D eigenvalue weighted by Crippen LogP contribution is 2.29. The van der Waals surface area contributed by atoms with E-state index in [0.29, 0.717) is 16.8 Å². The molecule has 0 amide bonds. The van der Waals surface area contributed by atoms with Crippen LogP contribution in [0.15, 0.2) is 17.0 Å². The summed E-state index contributed by atoms with van der Waals surface area (Å²) in [6.07, 6.45) is 0.754. The minimum atomic E-state index is -3.73. The number of hydrogen-bond acceptors (Lipinski definition) is 4. The molecule has 21 heavy (non-hydrogen) atoms. The Morgan fingerprint density at radius 2 is 1.90 bits per heavy atom. The van der Waals surface area contributed by atoms with E-state index in [4.69, 9.17) is 5.73 Å². The van der Waals surface area contributed by atoms with E-state index in [1.165, 1.54) is 0 Å². The number of hydrogen-bond donors (Lipinski definition) is 3. The second kappa shape index (κ2) is 5.40. The molecule has 0 bridgehead atoms. The standard InChI is InChI=1S/C14H20N4O2S/c1-5-11-7-13(17-16-11)18-21(19,20)14-9(3)8(2)6-12(15)10(14)4/h6-7H,5,15H2,1-4H3,(H2,16,17,18). The van der Waals surface area contributed by atoms with Gasteiger partial charge in [-0.05, 0) is 49.9 Å². The van der Waals surface area contributed by atoms with Gasteiger partial charge in [-0.1, -0.05) is 6.92 Å². The molecule has 0 radical (unpaired) electrons. The SMILES string of the molecule is CCc1cc(NS(=O)(=O)c2c(C)c(C)cc(N)c2C)n[nH]1. The average molecular weight is 308 g/mol. The molecule has 0 aliphatic rings. The third-order valence-corrected chi connectivity index (χ3v) is 5.22. The lowest BCUT2D eigenvalue weighted by molar-refractivity contribution is 0.599. The predicted octanol–water partition coefficient (Wildman–Crippen LogP) is 2.28. The molecular weight excluding hydrogens is 288 g/mol. The number of aromatic nitrogens is 2. The number of H-pyrrole nitrogens is 1. The summed E-state index contributed by atoms with van der Waals surface area (Å²) >= 11 is 0. The van der Waals surface area contributed by atoms with Crippen molar-refractivity contribution in [2.24, 2.45) is 0 Å². The summed E-state index contributed by atoms with van der Waals surface area (Å²) in [5, 5.41) is 6.74. The summed E-state index contributed by atoms with van der Waals surface area (Å²) in [6.45, 7) is 7.28. The van der Waals surface area contributed by atoms with E-state index in [1.807, 2.05) is 13.8 Å². The van der Waals surface area contributed by atoms with Crippen LogP contribution in [0, 0.1) is 20.8 Å². The molecular formula is C14H20N4O2S. The molecule has 0 spiro atoms. The van der Waals surface area contributed by atoms with E-state index < -0.39 is 10.0 Å². The Morgan fingerprint density at radius 3 is 2.48 bits per heavy atom. The molecule has 7 heteroatoms. The van der Waals surface area contributed by atoms with Gasteiger partial charge in [0.1, 0.15) is 0 Å². The number of nitrogens with one attached hydrogen (secondary N) is 2. The molecule has 1 aromatic heterocycles. The number of rotatable bonds is 4. The van der Waals surface area contributed by atoms with Gasteiger partial charge in [0.05, 0.1) is 4.90 Å². The Balaban J connectivity index is 2.49. The van der Waals surface area contributed by atoms with Crippen molar-refractivity contribution < 1.29 is 8.42 Å². The number of benzene rings is 1. The number of anilines is 2.